The maximum Gasteiger partial charge on any atom is 0.123 e. The fourth-order valence-corrected chi connectivity index (χ4v) is 2.94. The lowest BCUT2D eigenvalue weighted by Crippen LogP contribution is -2.28. The van der Waals surface area contributed by atoms with Crippen molar-refractivity contribution in [1.29, 1.82) is 0 Å². The molecule has 1 aromatic rings. The molecular weight excluding hydrogens is 281 g/mol. The fourth-order valence-electron chi connectivity index (χ4n) is 2.61. The summed E-state index contributed by atoms with van der Waals surface area (Å²) in [5, 5.41) is 1.08. The van der Waals surface area contributed by atoms with Crippen molar-refractivity contribution in [3.63, 3.8) is 0 Å². The monoisotopic (exact) mass is 299 g/mol. The summed E-state index contributed by atoms with van der Waals surface area (Å²) in [6, 6.07) is 7.67. The molecule has 0 bridgehead atoms. The summed E-state index contributed by atoms with van der Waals surface area (Å²) < 4.78 is 13.1. The number of benzene rings is 1. The van der Waals surface area contributed by atoms with Crippen LogP contribution in [0.2, 0.25) is 0 Å². The molecule has 0 amide bonds. The molecule has 1 aromatic carbocycles. The van der Waals surface area contributed by atoms with Crippen molar-refractivity contribution in [3.8, 4) is 0 Å². The Morgan fingerprint density at radius 3 is 3.06 bits per heavy atom. The van der Waals surface area contributed by atoms with Gasteiger partial charge < -0.3 is 0 Å². The predicted molar refractivity (Wildman–Crippen MR) is 72.9 cm³/mol. The van der Waals surface area contributed by atoms with Gasteiger partial charge in [-0.25, -0.2) is 4.39 Å². The van der Waals surface area contributed by atoms with Gasteiger partial charge in [0.15, 0.2) is 0 Å². The number of alkyl halides is 1. The molecule has 1 heterocycles. The Hall–Kier alpha value is -0.410. The zero-order chi connectivity index (χ0) is 12.1. The van der Waals surface area contributed by atoms with E-state index in [0.717, 1.165) is 24.0 Å². The Morgan fingerprint density at radius 1 is 1.41 bits per heavy atom. The normalized spacial score (nSPS) is 20.9. The summed E-state index contributed by atoms with van der Waals surface area (Å²) in [4.78, 5) is 2.50. The van der Waals surface area contributed by atoms with E-state index < -0.39 is 0 Å². The smallest absolute Gasteiger partial charge is 0.123 e. The Kier molecular flexibility index (Phi) is 4.99. The van der Waals surface area contributed by atoms with Gasteiger partial charge in [0.1, 0.15) is 5.82 Å². The summed E-state index contributed by atoms with van der Waals surface area (Å²) in [6.45, 7) is 2.05. The van der Waals surface area contributed by atoms with E-state index in [2.05, 4.69) is 20.8 Å². The van der Waals surface area contributed by atoms with Crippen molar-refractivity contribution in [2.24, 2.45) is 0 Å². The van der Waals surface area contributed by atoms with E-state index in [0.29, 0.717) is 6.04 Å². The lowest BCUT2D eigenvalue weighted by molar-refractivity contribution is 0.233. The van der Waals surface area contributed by atoms with Crippen molar-refractivity contribution < 1.29 is 4.39 Å². The van der Waals surface area contributed by atoms with E-state index in [1.54, 1.807) is 12.1 Å². The third kappa shape index (κ3) is 3.78. The highest BCUT2D eigenvalue weighted by Crippen LogP contribution is 2.23. The first-order valence-corrected chi connectivity index (χ1v) is 7.46. The minimum atomic E-state index is -0.126. The van der Waals surface area contributed by atoms with Crippen LogP contribution in [0.25, 0.3) is 0 Å². The largest absolute Gasteiger partial charge is 0.296 e. The summed E-state index contributed by atoms with van der Waals surface area (Å²) >= 11 is 3.48. The molecule has 1 atom stereocenters. The molecule has 1 fully saturated rings. The molecule has 0 saturated carbocycles. The standard InChI is InChI=1S/C14H19BrFN/c15-8-2-6-14-7-3-9-17(14)11-12-4-1-5-13(16)10-12/h1,4-5,10,14H,2-3,6-9,11H2. The first kappa shape index (κ1) is 13.0. The highest BCUT2D eigenvalue weighted by atomic mass is 79.9. The van der Waals surface area contributed by atoms with Crippen LogP contribution in [-0.4, -0.2) is 22.8 Å². The van der Waals surface area contributed by atoms with Gasteiger partial charge in [0.25, 0.3) is 0 Å². The lowest BCUT2D eigenvalue weighted by Gasteiger charge is -2.24. The van der Waals surface area contributed by atoms with E-state index in [1.165, 1.54) is 31.7 Å². The van der Waals surface area contributed by atoms with Crippen LogP contribution >= 0.6 is 15.9 Å². The van der Waals surface area contributed by atoms with Gasteiger partial charge in [-0.3, -0.25) is 4.90 Å². The molecule has 0 radical (unpaired) electrons. The quantitative estimate of drug-likeness (QED) is 0.744. The van der Waals surface area contributed by atoms with Gasteiger partial charge in [-0.15, -0.1) is 0 Å². The van der Waals surface area contributed by atoms with Crippen LogP contribution in [0.1, 0.15) is 31.2 Å². The molecule has 0 spiro atoms. The zero-order valence-electron chi connectivity index (χ0n) is 10.0. The zero-order valence-corrected chi connectivity index (χ0v) is 11.6. The van der Waals surface area contributed by atoms with Gasteiger partial charge >= 0.3 is 0 Å². The van der Waals surface area contributed by atoms with E-state index >= 15 is 0 Å². The van der Waals surface area contributed by atoms with Crippen molar-refractivity contribution in [2.75, 3.05) is 11.9 Å². The molecule has 0 aromatic heterocycles. The molecular formula is C14H19BrFN. The Labute approximate surface area is 111 Å². The molecule has 1 aliphatic heterocycles. The molecule has 1 saturated heterocycles. The Morgan fingerprint density at radius 2 is 2.29 bits per heavy atom. The van der Waals surface area contributed by atoms with E-state index in [-0.39, 0.29) is 5.82 Å². The number of halogens is 2. The fraction of sp³-hybridized carbons (Fsp3) is 0.571. The van der Waals surface area contributed by atoms with Crippen molar-refractivity contribution in [3.05, 3.63) is 35.6 Å². The van der Waals surface area contributed by atoms with Crippen molar-refractivity contribution in [2.45, 2.75) is 38.3 Å². The number of likely N-dealkylation sites (tertiary alicyclic amines) is 1. The average molecular weight is 300 g/mol. The third-order valence-corrected chi connectivity index (χ3v) is 4.01. The van der Waals surface area contributed by atoms with Crippen LogP contribution < -0.4 is 0 Å². The minimum Gasteiger partial charge on any atom is -0.296 e. The van der Waals surface area contributed by atoms with Crippen LogP contribution in [0.15, 0.2) is 24.3 Å². The number of nitrogens with zero attached hydrogens (tertiary/aromatic N) is 1. The molecule has 2 rings (SSSR count). The van der Waals surface area contributed by atoms with Crippen LogP contribution in [0.5, 0.6) is 0 Å². The molecule has 17 heavy (non-hydrogen) atoms. The second-order valence-corrected chi connectivity index (χ2v) is 5.52. The summed E-state index contributed by atoms with van der Waals surface area (Å²) in [7, 11) is 0. The van der Waals surface area contributed by atoms with E-state index in [9.17, 15) is 4.39 Å². The van der Waals surface area contributed by atoms with Gasteiger partial charge in [0, 0.05) is 17.9 Å². The molecule has 3 heteroatoms. The predicted octanol–water partition coefficient (Wildman–Crippen LogP) is 3.97. The Bertz CT molecular complexity index is 356. The van der Waals surface area contributed by atoms with Crippen molar-refractivity contribution >= 4 is 15.9 Å². The summed E-state index contributed by atoms with van der Waals surface area (Å²) in [6.07, 6.45) is 5.05. The van der Waals surface area contributed by atoms with Gasteiger partial charge in [-0.05, 0) is 49.9 Å². The number of hydrogen-bond donors (Lipinski definition) is 0. The first-order valence-electron chi connectivity index (χ1n) is 6.34. The third-order valence-electron chi connectivity index (χ3n) is 3.44. The minimum absolute atomic E-state index is 0.126. The maximum atomic E-state index is 13.1. The van der Waals surface area contributed by atoms with Crippen molar-refractivity contribution in [1.82, 2.24) is 4.90 Å². The second-order valence-electron chi connectivity index (χ2n) is 4.73. The van der Waals surface area contributed by atoms with Gasteiger partial charge in [-0.2, -0.15) is 0 Å². The average Bonchev–Trinajstić information content (AvgIpc) is 2.74. The van der Waals surface area contributed by atoms with E-state index in [1.807, 2.05) is 6.07 Å². The first-order chi connectivity index (χ1) is 8.29. The van der Waals surface area contributed by atoms with E-state index in [4.69, 9.17) is 0 Å². The van der Waals surface area contributed by atoms with Gasteiger partial charge in [-0.1, -0.05) is 28.1 Å². The molecule has 1 unspecified atom stereocenters. The van der Waals surface area contributed by atoms with Crippen LogP contribution in [0, 0.1) is 5.82 Å². The number of rotatable bonds is 5. The second kappa shape index (κ2) is 6.50. The molecule has 94 valence electrons. The highest BCUT2D eigenvalue weighted by molar-refractivity contribution is 9.09. The van der Waals surface area contributed by atoms with Crippen LogP contribution in [0.3, 0.4) is 0 Å². The van der Waals surface area contributed by atoms with Gasteiger partial charge in [0.05, 0.1) is 0 Å². The Balaban J connectivity index is 1.93. The molecule has 0 N–H and O–H groups in total. The topological polar surface area (TPSA) is 3.24 Å². The molecule has 0 aliphatic carbocycles. The van der Waals surface area contributed by atoms with Crippen LogP contribution in [-0.2, 0) is 6.54 Å². The summed E-state index contributed by atoms with van der Waals surface area (Å²) in [5.41, 5.74) is 1.09. The van der Waals surface area contributed by atoms with Gasteiger partial charge in [0.2, 0.25) is 0 Å². The maximum absolute atomic E-state index is 13.1. The number of hydrogen-bond acceptors (Lipinski definition) is 1. The SMILES string of the molecule is Fc1cccc(CN2CCCC2CCCBr)c1. The van der Waals surface area contributed by atoms with Crippen LogP contribution in [0.4, 0.5) is 4.39 Å². The summed E-state index contributed by atoms with van der Waals surface area (Å²) in [5.74, 6) is -0.126. The highest BCUT2D eigenvalue weighted by Gasteiger charge is 2.23. The molecule has 1 nitrogen and oxygen atoms in total. The lowest BCUT2D eigenvalue weighted by atomic mass is 10.1. The molecule has 1 aliphatic rings.